The Hall–Kier alpha value is -3.25. The molecule has 5 nitrogen and oxygen atoms in total. The number of nitrogens with zero attached hydrogens (tertiary/aromatic N) is 2. The van der Waals surface area contributed by atoms with E-state index >= 15 is 0 Å². The molecule has 5 rings (SSSR count). The maximum Gasteiger partial charge on any atom is 0.263 e. The lowest BCUT2D eigenvalue weighted by Crippen LogP contribution is -2.22. The Kier molecular flexibility index (Phi) is 4.71. The Morgan fingerprint density at radius 1 is 1.07 bits per heavy atom. The third kappa shape index (κ3) is 3.33. The summed E-state index contributed by atoms with van der Waals surface area (Å²) in [6.45, 7) is 0.328. The smallest absolute Gasteiger partial charge is 0.263 e. The number of fused-ring (bicyclic) bond motifs is 2. The molecule has 150 valence electrons. The van der Waals surface area contributed by atoms with Gasteiger partial charge in [0.05, 0.1) is 24.2 Å². The van der Waals surface area contributed by atoms with Gasteiger partial charge in [0.15, 0.2) is 0 Å². The highest BCUT2D eigenvalue weighted by atomic mass is 32.1. The van der Waals surface area contributed by atoms with Gasteiger partial charge in [0.25, 0.3) is 5.56 Å². The first-order valence-electron chi connectivity index (χ1n) is 9.99. The molecule has 0 amide bonds. The van der Waals surface area contributed by atoms with E-state index in [2.05, 4.69) is 23.2 Å². The standard InChI is InChI=1S/C24H20N2O3S/c27-23-21-20(19-10-9-16-3-1-2-4-18(16)11-19)13-30-22(21)25-14-26(23)12-15-5-7-17(8-6-15)24(28)29/h5-11,13-14H,1-4,12H2,(H,28,29)/p-1. The molecule has 0 saturated carbocycles. The second-order valence-electron chi connectivity index (χ2n) is 7.68. The molecule has 0 saturated heterocycles. The SMILES string of the molecule is O=C([O-])c1ccc(Cn2cnc3scc(-c4ccc5c(c4)CCCC5)c3c2=O)cc1. The van der Waals surface area contributed by atoms with Crippen molar-refractivity contribution in [2.45, 2.75) is 32.2 Å². The minimum absolute atomic E-state index is 0.0852. The monoisotopic (exact) mass is 415 g/mol. The molecule has 0 aliphatic heterocycles. The number of carbonyl (C=O) groups is 1. The quantitative estimate of drug-likeness (QED) is 0.512. The van der Waals surface area contributed by atoms with Crippen LogP contribution in [0.3, 0.4) is 0 Å². The first-order valence-corrected chi connectivity index (χ1v) is 10.9. The lowest BCUT2D eigenvalue weighted by atomic mass is 9.89. The van der Waals surface area contributed by atoms with Crippen LogP contribution in [-0.2, 0) is 19.4 Å². The molecule has 2 aromatic heterocycles. The number of hydrogen-bond donors (Lipinski definition) is 0. The number of aryl methyl sites for hydroxylation is 2. The van der Waals surface area contributed by atoms with Gasteiger partial charge in [0.2, 0.25) is 0 Å². The van der Waals surface area contributed by atoms with E-state index in [1.807, 2.05) is 5.38 Å². The highest BCUT2D eigenvalue weighted by molar-refractivity contribution is 7.17. The summed E-state index contributed by atoms with van der Waals surface area (Å²) in [6.07, 6.45) is 6.24. The Bertz CT molecular complexity index is 1320. The van der Waals surface area contributed by atoms with Crippen molar-refractivity contribution in [3.63, 3.8) is 0 Å². The molecular formula is C24H19N2O3S-. The van der Waals surface area contributed by atoms with Crippen LogP contribution in [0, 0.1) is 0 Å². The minimum atomic E-state index is -1.21. The number of hydrogen-bond acceptors (Lipinski definition) is 5. The number of aromatic nitrogens is 2. The molecule has 1 aliphatic carbocycles. The lowest BCUT2D eigenvalue weighted by Gasteiger charge is -2.16. The van der Waals surface area contributed by atoms with Gasteiger partial charge in [-0.3, -0.25) is 9.36 Å². The van der Waals surface area contributed by atoms with E-state index in [-0.39, 0.29) is 11.1 Å². The summed E-state index contributed by atoms with van der Waals surface area (Å²) in [5.41, 5.74) is 5.66. The topological polar surface area (TPSA) is 75.0 Å². The molecule has 0 atom stereocenters. The Morgan fingerprint density at radius 2 is 1.83 bits per heavy atom. The van der Waals surface area contributed by atoms with Crippen LogP contribution in [-0.4, -0.2) is 15.5 Å². The molecule has 2 heterocycles. The molecule has 2 aromatic carbocycles. The number of thiophene rings is 1. The van der Waals surface area contributed by atoms with Crippen molar-refractivity contribution >= 4 is 27.5 Å². The van der Waals surface area contributed by atoms with Gasteiger partial charge in [-0.25, -0.2) is 4.98 Å². The normalized spacial score (nSPS) is 13.3. The minimum Gasteiger partial charge on any atom is -0.545 e. The zero-order chi connectivity index (χ0) is 20.7. The van der Waals surface area contributed by atoms with E-state index in [1.165, 1.54) is 47.4 Å². The lowest BCUT2D eigenvalue weighted by molar-refractivity contribution is -0.255. The van der Waals surface area contributed by atoms with Gasteiger partial charge < -0.3 is 9.90 Å². The molecule has 4 aromatic rings. The maximum absolute atomic E-state index is 13.3. The number of rotatable bonds is 4. The van der Waals surface area contributed by atoms with Gasteiger partial charge in [0, 0.05) is 10.9 Å². The zero-order valence-electron chi connectivity index (χ0n) is 16.3. The van der Waals surface area contributed by atoms with Crippen LogP contribution in [0.1, 0.15) is 39.9 Å². The largest absolute Gasteiger partial charge is 0.545 e. The van der Waals surface area contributed by atoms with Crippen molar-refractivity contribution in [2.75, 3.05) is 0 Å². The van der Waals surface area contributed by atoms with Gasteiger partial charge >= 0.3 is 0 Å². The molecule has 30 heavy (non-hydrogen) atoms. The predicted octanol–water partition coefficient (Wildman–Crippen LogP) is 3.42. The summed E-state index contributed by atoms with van der Waals surface area (Å²) in [7, 11) is 0. The molecule has 0 radical (unpaired) electrons. The van der Waals surface area contributed by atoms with Gasteiger partial charge in [-0.1, -0.05) is 42.5 Å². The van der Waals surface area contributed by atoms with Gasteiger partial charge in [-0.15, -0.1) is 11.3 Å². The van der Waals surface area contributed by atoms with Crippen molar-refractivity contribution in [3.05, 3.63) is 86.8 Å². The van der Waals surface area contributed by atoms with Gasteiger partial charge in [-0.2, -0.15) is 0 Å². The Morgan fingerprint density at radius 3 is 2.60 bits per heavy atom. The third-order valence-corrected chi connectivity index (χ3v) is 6.65. The van der Waals surface area contributed by atoms with Crippen molar-refractivity contribution < 1.29 is 9.90 Å². The van der Waals surface area contributed by atoms with Crippen LogP contribution in [0.25, 0.3) is 21.3 Å². The van der Waals surface area contributed by atoms with Gasteiger partial charge in [-0.05, 0) is 53.5 Å². The fourth-order valence-electron chi connectivity index (χ4n) is 4.14. The van der Waals surface area contributed by atoms with E-state index in [1.54, 1.807) is 23.0 Å². The summed E-state index contributed by atoms with van der Waals surface area (Å²) < 4.78 is 1.57. The van der Waals surface area contributed by atoms with E-state index in [9.17, 15) is 14.7 Å². The van der Waals surface area contributed by atoms with E-state index in [0.29, 0.717) is 11.9 Å². The Labute approximate surface area is 177 Å². The van der Waals surface area contributed by atoms with E-state index in [0.717, 1.165) is 34.4 Å². The highest BCUT2D eigenvalue weighted by Crippen LogP contribution is 2.33. The number of carboxylic acid groups (broad SMARTS) is 1. The fraction of sp³-hybridized carbons (Fsp3) is 0.208. The first-order chi connectivity index (χ1) is 14.6. The summed E-state index contributed by atoms with van der Waals surface area (Å²) in [5.74, 6) is -1.21. The zero-order valence-corrected chi connectivity index (χ0v) is 17.1. The van der Waals surface area contributed by atoms with Crippen molar-refractivity contribution in [3.8, 4) is 11.1 Å². The molecule has 0 spiro atoms. The van der Waals surface area contributed by atoms with Crippen molar-refractivity contribution in [2.24, 2.45) is 0 Å². The fourth-order valence-corrected chi connectivity index (χ4v) is 5.04. The molecule has 6 heteroatoms. The Balaban J connectivity index is 1.54. The number of carbonyl (C=O) groups excluding carboxylic acids is 1. The van der Waals surface area contributed by atoms with Crippen LogP contribution in [0.2, 0.25) is 0 Å². The highest BCUT2D eigenvalue weighted by Gasteiger charge is 2.16. The van der Waals surface area contributed by atoms with Crippen LogP contribution < -0.4 is 10.7 Å². The number of carboxylic acids is 1. The molecule has 1 aliphatic rings. The van der Waals surface area contributed by atoms with Crippen LogP contribution >= 0.6 is 11.3 Å². The predicted molar refractivity (Wildman–Crippen MR) is 116 cm³/mol. The van der Waals surface area contributed by atoms with E-state index in [4.69, 9.17) is 0 Å². The second kappa shape index (κ2) is 7.54. The summed E-state index contributed by atoms with van der Waals surface area (Å²) in [4.78, 5) is 29.4. The molecule has 0 bridgehead atoms. The third-order valence-electron chi connectivity index (χ3n) is 5.76. The number of aromatic carboxylic acids is 1. The van der Waals surface area contributed by atoms with Gasteiger partial charge in [0.1, 0.15) is 4.83 Å². The van der Waals surface area contributed by atoms with Crippen molar-refractivity contribution in [1.29, 1.82) is 0 Å². The molecule has 0 fully saturated rings. The average Bonchev–Trinajstić information content (AvgIpc) is 3.21. The first kappa shape index (κ1) is 18.8. The van der Waals surface area contributed by atoms with Crippen LogP contribution in [0.15, 0.2) is 59.0 Å². The summed E-state index contributed by atoms with van der Waals surface area (Å²) >= 11 is 1.48. The molecular weight excluding hydrogens is 396 g/mol. The van der Waals surface area contributed by atoms with Crippen LogP contribution in [0.5, 0.6) is 0 Å². The number of benzene rings is 2. The maximum atomic E-state index is 13.3. The molecule has 0 N–H and O–H groups in total. The molecule has 0 unspecified atom stereocenters. The van der Waals surface area contributed by atoms with Crippen molar-refractivity contribution in [1.82, 2.24) is 9.55 Å². The summed E-state index contributed by atoms with van der Waals surface area (Å²) in [5, 5.41) is 13.6. The average molecular weight is 415 g/mol. The van der Waals surface area contributed by atoms with E-state index < -0.39 is 5.97 Å². The van der Waals surface area contributed by atoms with Crippen LogP contribution in [0.4, 0.5) is 0 Å². The second-order valence-corrected chi connectivity index (χ2v) is 8.54. The summed E-state index contributed by atoms with van der Waals surface area (Å²) in [6, 6.07) is 12.9.